The van der Waals surface area contributed by atoms with E-state index in [9.17, 15) is 14.7 Å². The lowest BCUT2D eigenvalue weighted by Gasteiger charge is -2.34. The third-order valence-corrected chi connectivity index (χ3v) is 3.36. The smallest absolute Gasteiger partial charge is 0.256 e. The topological polar surface area (TPSA) is 73.7 Å². The van der Waals surface area contributed by atoms with Crippen molar-refractivity contribution in [2.45, 2.75) is 19.8 Å². The van der Waals surface area contributed by atoms with Gasteiger partial charge in [-0.05, 0) is 12.5 Å². The van der Waals surface area contributed by atoms with Gasteiger partial charge in [0.25, 0.3) is 5.91 Å². The van der Waals surface area contributed by atoms with Gasteiger partial charge < -0.3 is 14.9 Å². The van der Waals surface area contributed by atoms with E-state index in [0.717, 1.165) is 19.4 Å². The van der Waals surface area contributed by atoms with Gasteiger partial charge in [-0.25, -0.2) is 0 Å². The number of nitrogens with zero attached hydrogens (tertiary/aromatic N) is 3. The van der Waals surface area contributed by atoms with Gasteiger partial charge in [0, 0.05) is 25.8 Å². The van der Waals surface area contributed by atoms with Crippen LogP contribution in [0, 0.1) is 0 Å². The van der Waals surface area contributed by atoms with Gasteiger partial charge in [-0.3, -0.25) is 14.6 Å². The van der Waals surface area contributed by atoms with Gasteiger partial charge in [0.05, 0.1) is 11.8 Å². The van der Waals surface area contributed by atoms with Crippen LogP contribution in [-0.4, -0.2) is 57.9 Å². The van der Waals surface area contributed by atoms with Crippen molar-refractivity contribution in [3.8, 4) is 5.75 Å². The summed E-state index contributed by atoms with van der Waals surface area (Å²) in [6.45, 7) is 4.02. The van der Waals surface area contributed by atoms with Gasteiger partial charge in [-0.2, -0.15) is 0 Å². The average molecular weight is 277 g/mol. The molecule has 0 bridgehead atoms. The second kappa shape index (κ2) is 6.36. The number of rotatable bonds is 4. The maximum atomic E-state index is 12.2. The number of carbonyl (C=O) groups excluding carboxylic acids is 2. The lowest BCUT2D eigenvalue weighted by molar-refractivity contribution is -0.135. The van der Waals surface area contributed by atoms with Crippen molar-refractivity contribution < 1.29 is 14.7 Å². The molecular formula is C14H19N3O3. The third kappa shape index (κ3) is 3.26. The summed E-state index contributed by atoms with van der Waals surface area (Å²) in [5.74, 6) is -0.341. The minimum absolute atomic E-state index is 0.0221. The zero-order valence-electron chi connectivity index (χ0n) is 11.6. The van der Waals surface area contributed by atoms with Gasteiger partial charge in [0.1, 0.15) is 12.3 Å². The van der Waals surface area contributed by atoms with Crippen LogP contribution in [0.15, 0.2) is 18.5 Å². The Hall–Kier alpha value is -2.11. The molecule has 6 nitrogen and oxygen atoms in total. The van der Waals surface area contributed by atoms with Gasteiger partial charge in [-0.1, -0.05) is 13.3 Å². The fraction of sp³-hybridized carbons (Fsp3) is 0.500. The van der Waals surface area contributed by atoms with Crippen LogP contribution in [0.2, 0.25) is 0 Å². The van der Waals surface area contributed by atoms with E-state index >= 15 is 0 Å². The molecule has 2 amide bonds. The van der Waals surface area contributed by atoms with E-state index in [4.69, 9.17) is 0 Å². The van der Waals surface area contributed by atoms with Crippen LogP contribution in [0.4, 0.5) is 0 Å². The van der Waals surface area contributed by atoms with Gasteiger partial charge >= 0.3 is 0 Å². The number of unbranched alkanes of at least 4 members (excludes halogenated alkanes) is 1. The lowest BCUT2D eigenvalue weighted by atomic mass is 10.2. The molecule has 1 N–H and O–H groups in total. The van der Waals surface area contributed by atoms with Crippen LogP contribution in [-0.2, 0) is 4.79 Å². The summed E-state index contributed by atoms with van der Waals surface area (Å²) in [6, 6.07) is 1.36. The van der Waals surface area contributed by atoms with Crippen molar-refractivity contribution in [3.63, 3.8) is 0 Å². The van der Waals surface area contributed by atoms with Crippen molar-refractivity contribution in [1.29, 1.82) is 0 Å². The number of amides is 2. The monoisotopic (exact) mass is 277 g/mol. The molecule has 0 saturated carbocycles. The Morgan fingerprint density at radius 1 is 1.40 bits per heavy atom. The number of hydrogen-bond donors (Lipinski definition) is 1. The van der Waals surface area contributed by atoms with E-state index in [-0.39, 0.29) is 24.1 Å². The molecule has 0 atom stereocenters. The molecule has 0 radical (unpaired) electrons. The van der Waals surface area contributed by atoms with Gasteiger partial charge in [0.15, 0.2) is 0 Å². The van der Waals surface area contributed by atoms with Crippen LogP contribution in [0.1, 0.15) is 30.1 Å². The van der Waals surface area contributed by atoms with Crippen molar-refractivity contribution in [2.24, 2.45) is 0 Å². The summed E-state index contributed by atoms with van der Waals surface area (Å²) >= 11 is 0. The summed E-state index contributed by atoms with van der Waals surface area (Å²) < 4.78 is 0. The Morgan fingerprint density at radius 2 is 2.20 bits per heavy atom. The van der Waals surface area contributed by atoms with E-state index in [2.05, 4.69) is 11.9 Å². The molecule has 0 spiro atoms. The zero-order valence-corrected chi connectivity index (χ0v) is 11.6. The molecule has 0 unspecified atom stereocenters. The summed E-state index contributed by atoms with van der Waals surface area (Å²) in [4.78, 5) is 31.3. The molecule has 1 saturated heterocycles. The fourth-order valence-electron chi connectivity index (χ4n) is 2.19. The van der Waals surface area contributed by atoms with Crippen molar-refractivity contribution in [1.82, 2.24) is 14.8 Å². The van der Waals surface area contributed by atoms with Crippen LogP contribution < -0.4 is 0 Å². The molecule has 6 heteroatoms. The largest absolute Gasteiger partial charge is 0.506 e. The lowest BCUT2D eigenvalue weighted by Crippen LogP contribution is -2.52. The van der Waals surface area contributed by atoms with Crippen molar-refractivity contribution in [3.05, 3.63) is 24.0 Å². The predicted octanol–water partition coefficient (Wildman–Crippen LogP) is 0.872. The molecule has 2 rings (SSSR count). The highest BCUT2D eigenvalue weighted by Crippen LogP contribution is 2.13. The number of carbonyl (C=O) groups is 2. The Labute approximate surface area is 118 Å². The summed E-state index contributed by atoms with van der Waals surface area (Å²) in [5, 5.41) is 9.34. The zero-order chi connectivity index (χ0) is 14.5. The molecule has 108 valence electrons. The maximum Gasteiger partial charge on any atom is 0.256 e. The predicted molar refractivity (Wildman–Crippen MR) is 73.3 cm³/mol. The first-order valence-electron chi connectivity index (χ1n) is 6.83. The van der Waals surface area contributed by atoms with Gasteiger partial charge in [0.2, 0.25) is 5.91 Å². The Bertz CT molecular complexity index is 504. The SMILES string of the molecule is CCCCN1CCN(C(=O)c2cncc(O)c2)CC1=O. The first kappa shape index (κ1) is 14.3. The van der Waals surface area contributed by atoms with Crippen LogP contribution >= 0.6 is 0 Å². The van der Waals surface area contributed by atoms with Crippen LogP contribution in [0.25, 0.3) is 0 Å². The number of aromatic hydroxyl groups is 1. The van der Waals surface area contributed by atoms with E-state index < -0.39 is 0 Å². The standard InChI is InChI=1S/C14H19N3O3/c1-2-3-4-16-5-6-17(10-13(16)19)14(20)11-7-12(18)9-15-8-11/h7-9,18H,2-6,10H2,1H3. The molecule has 1 aliphatic heterocycles. The van der Waals surface area contributed by atoms with Crippen molar-refractivity contribution in [2.75, 3.05) is 26.2 Å². The second-order valence-electron chi connectivity index (χ2n) is 4.89. The molecule has 1 aliphatic rings. The van der Waals surface area contributed by atoms with Crippen molar-refractivity contribution >= 4 is 11.8 Å². The average Bonchev–Trinajstić information content (AvgIpc) is 2.45. The number of aromatic nitrogens is 1. The fourth-order valence-corrected chi connectivity index (χ4v) is 2.19. The van der Waals surface area contributed by atoms with Crippen LogP contribution in [0.5, 0.6) is 5.75 Å². The van der Waals surface area contributed by atoms with Gasteiger partial charge in [-0.15, -0.1) is 0 Å². The Balaban J connectivity index is 1.98. The first-order valence-corrected chi connectivity index (χ1v) is 6.83. The molecular weight excluding hydrogens is 258 g/mol. The Morgan fingerprint density at radius 3 is 2.85 bits per heavy atom. The Kier molecular flexibility index (Phi) is 4.55. The highest BCUT2D eigenvalue weighted by Gasteiger charge is 2.27. The molecule has 20 heavy (non-hydrogen) atoms. The number of pyridine rings is 1. The van der Waals surface area contributed by atoms with E-state index in [1.54, 1.807) is 4.90 Å². The van der Waals surface area contributed by atoms with Crippen LogP contribution in [0.3, 0.4) is 0 Å². The maximum absolute atomic E-state index is 12.2. The highest BCUT2D eigenvalue weighted by molar-refractivity contribution is 5.97. The summed E-state index contributed by atoms with van der Waals surface area (Å²) in [6.07, 6.45) is 4.69. The minimum atomic E-state index is -0.267. The molecule has 2 heterocycles. The third-order valence-electron chi connectivity index (χ3n) is 3.36. The first-order chi connectivity index (χ1) is 9.61. The summed E-state index contributed by atoms with van der Waals surface area (Å²) in [7, 11) is 0. The number of piperazine rings is 1. The molecule has 0 aromatic carbocycles. The highest BCUT2D eigenvalue weighted by atomic mass is 16.3. The molecule has 0 aliphatic carbocycles. The minimum Gasteiger partial charge on any atom is -0.506 e. The molecule has 1 fully saturated rings. The second-order valence-corrected chi connectivity index (χ2v) is 4.89. The van der Waals surface area contributed by atoms with E-state index in [1.807, 2.05) is 0 Å². The molecule has 1 aromatic rings. The quantitative estimate of drug-likeness (QED) is 0.886. The van der Waals surface area contributed by atoms with E-state index in [1.165, 1.54) is 23.4 Å². The normalized spacial score (nSPS) is 15.6. The van der Waals surface area contributed by atoms with E-state index in [0.29, 0.717) is 18.7 Å². The molecule has 1 aromatic heterocycles. The number of hydrogen-bond acceptors (Lipinski definition) is 4. The summed E-state index contributed by atoms with van der Waals surface area (Å²) in [5.41, 5.74) is 0.305.